The Balaban J connectivity index is 1.37. The largest absolute Gasteiger partial charge is 0.311 e. The van der Waals surface area contributed by atoms with Gasteiger partial charge in [0, 0.05) is 34.1 Å². The van der Waals surface area contributed by atoms with Crippen molar-refractivity contribution in [3.63, 3.8) is 0 Å². The van der Waals surface area contributed by atoms with Crippen molar-refractivity contribution in [2.24, 2.45) is 0 Å². The van der Waals surface area contributed by atoms with E-state index in [0.29, 0.717) is 0 Å². The highest BCUT2D eigenvalue weighted by Crippen LogP contribution is 2.57. The van der Waals surface area contributed by atoms with Crippen LogP contribution in [0.1, 0.15) is 206 Å². The normalized spacial score (nSPS) is 21.0. The number of rotatable bonds is 2. The Hall–Kier alpha value is -4.24. The summed E-state index contributed by atoms with van der Waals surface area (Å²) in [4.78, 5) is 5.50. The highest BCUT2D eigenvalue weighted by Gasteiger charge is 2.50. The molecule has 10 rings (SSSR count). The molecule has 0 amide bonds. The summed E-state index contributed by atoms with van der Waals surface area (Å²) in [5.74, 6) is 0. The Kier molecular flexibility index (Phi) is 9.10. The fourth-order valence-electron chi connectivity index (χ4n) is 14.5. The summed E-state index contributed by atoms with van der Waals surface area (Å²) in [7, 11) is 0. The molecule has 2 nitrogen and oxygen atoms in total. The number of hydrogen-bond donors (Lipinski definition) is 0. The molecule has 3 aliphatic carbocycles. The standard InChI is InChI=1S/C62H79BN2/c1-36-27-41-43(61(17,18)34-59(41,13)14)32-48(36)65-50-33-44-42(60(15,16)35-62(44,19)20)31-46(50)63-45-23-21-38(55(3,4)5)28-49(45)64(51-29-39(56(6,7)8)30-52(65)54(51)63)47-24-22-40-53(37(47)2)58(11,12)26-25-57(40,9)10/h21-24,27-33H,25-26,34-35H2,1-20H3. The molecule has 0 bridgehead atoms. The van der Waals surface area contributed by atoms with Crippen LogP contribution >= 0.6 is 0 Å². The van der Waals surface area contributed by atoms with Gasteiger partial charge < -0.3 is 9.80 Å². The highest BCUT2D eigenvalue weighted by atomic mass is 15.2. The predicted octanol–water partition coefficient (Wildman–Crippen LogP) is 15.2. The summed E-state index contributed by atoms with van der Waals surface area (Å²) < 4.78 is 0. The highest BCUT2D eigenvalue weighted by molar-refractivity contribution is 7.00. The van der Waals surface area contributed by atoms with Gasteiger partial charge in [-0.15, -0.1) is 0 Å². The number of aryl methyl sites for hydroxylation is 1. The van der Waals surface area contributed by atoms with E-state index in [1.54, 1.807) is 5.56 Å². The summed E-state index contributed by atoms with van der Waals surface area (Å²) in [6.07, 6.45) is 4.69. The average Bonchev–Trinajstić information content (AvgIpc) is 3.47. The molecule has 0 saturated heterocycles. The maximum absolute atomic E-state index is 2.76. The smallest absolute Gasteiger partial charge is 0.252 e. The number of fused-ring (bicyclic) bond motifs is 7. The van der Waals surface area contributed by atoms with Gasteiger partial charge in [-0.2, -0.15) is 0 Å². The average molecular weight is 863 g/mol. The molecule has 2 heterocycles. The minimum absolute atomic E-state index is 0.0125. The Morgan fingerprint density at radius 2 is 0.877 bits per heavy atom. The van der Waals surface area contributed by atoms with Crippen molar-refractivity contribution in [2.45, 2.75) is 207 Å². The van der Waals surface area contributed by atoms with Gasteiger partial charge in [-0.25, -0.2) is 0 Å². The second-order valence-corrected chi connectivity index (χ2v) is 27.7. The van der Waals surface area contributed by atoms with Crippen molar-refractivity contribution in [1.29, 1.82) is 0 Å². The van der Waals surface area contributed by atoms with Crippen LogP contribution in [0.3, 0.4) is 0 Å². The van der Waals surface area contributed by atoms with Crippen LogP contribution in [0, 0.1) is 13.8 Å². The van der Waals surface area contributed by atoms with Crippen molar-refractivity contribution in [3.05, 3.63) is 122 Å². The van der Waals surface area contributed by atoms with Gasteiger partial charge in [0.25, 0.3) is 6.71 Å². The first-order valence-electron chi connectivity index (χ1n) is 25.2. The summed E-state index contributed by atoms with van der Waals surface area (Å²) in [6.45, 7) is 49.0. The van der Waals surface area contributed by atoms with Crippen LogP contribution in [-0.4, -0.2) is 6.71 Å². The Labute approximate surface area is 395 Å². The van der Waals surface area contributed by atoms with E-state index in [0.717, 1.165) is 12.8 Å². The van der Waals surface area contributed by atoms with Gasteiger partial charge in [0.1, 0.15) is 0 Å². The van der Waals surface area contributed by atoms with Crippen LogP contribution < -0.4 is 26.2 Å². The van der Waals surface area contributed by atoms with Gasteiger partial charge >= 0.3 is 0 Å². The molecule has 0 aromatic heterocycles. The van der Waals surface area contributed by atoms with E-state index in [1.807, 2.05) is 0 Å². The number of benzene rings is 5. The molecule has 0 saturated carbocycles. The predicted molar refractivity (Wildman–Crippen MR) is 284 cm³/mol. The van der Waals surface area contributed by atoms with Gasteiger partial charge in [-0.1, -0.05) is 155 Å². The van der Waals surface area contributed by atoms with Crippen molar-refractivity contribution >= 4 is 57.2 Å². The number of anilines is 6. The first kappa shape index (κ1) is 44.6. The Morgan fingerprint density at radius 1 is 0.415 bits per heavy atom. The van der Waals surface area contributed by atoms with Gasteiger partial charge in [-0.05, 0) is 191 Å². The van der Waals surface area contributed by atoms with Crippen molar-refractivity contribution in [1.82, 2.24) is 0 Å². The molecule has 340 valence electrons. The van der Waals surface area contributed by atoms with Crippen LogP contribution in [0.4, 0.5) is 34.1 Å². The zero-order chi connectivity index (χ0) is 47.3. The van der Waals surface area contributed by atoms with Crippen LogP contribution in [0.25, 0.3) is 0 Å². The first-order chi connectivity index (χ1) is 29.8. The van der Waals surface area contributed by atoms with Gasteiger partial charge in [0.2, 0.25) is 0 Å². The molecule has 65 heavy (non-hydrogen) atoms. The molecular weight excluding hydrogens is 784 g/mol. The van der Waals surface area contributed by atoms with Crippen LogP contribution in [0.2, 0.25) is 0 Å². The molecule has 5 aliphatic rings. The Morgan fingerprint density at radius 3 is 1.43 bits per heavy atom. The maximum atomic E-state index is 2.76. The third kappa shape index (κ3) is 6.38. The zero-order valence-electron chi connectivity index (χ0n) is 44.2. The third-order valence-corrected chi connectivity index (χ3v) is 17.7. The first-order valence-corrected chi connectivity index (χ1v) is 25.2. The summed E-state index contributed by atoms with van der Waals surface area (Å²) in [6, 6.07) is 28.4. The molecule has 0 unspecified atom stereocenters. The lowest BCUT2D eigenvalue weighted by atomic mass is 9.33. The van der Waals surface area contributed by atoms with E-state index in [1.165, 1.54) is 113 Å². The molecule has 2 aliphatic heterocycles. The second kappa shape index (κ2) is 13.3. The molecule has 5 aromatic carbocycles. The van der Waals surface area contributed by atoms with Crippen LogP contribution in [0.5, 0.6) is 0 Å². The lowest BCUT2D eigenvalue weighted by Crippen LogP contribution is -2.62. The summed E-state index contributed by atoms with van der Waals surface area (Å²) in [5.41, 5.74) is 27.4. The summed E-state index contributed by atoms with van der Waals surface area (Å²) in [5, 5.41) is 0. The van der Waals surface area contributed by atoms with Crippen molar-refractivity contribution < 1.29 is 0 Å². The van der Waals surface area contributed by atoms with E-state index in [2.05, 4.69) is 215 Å². The van der Waals surface area contributed by atoms with E-state index in [-0.39, 0.29) is 50.0 Å². The summed E-state index contributed by atoms with van der Waals surface area (Å²) >= 11 is 0. The molecule has 0 atom stereocenters. The number of nitrogens with zero attached hydrogens (tertiary/aromatic N) is 2. The van der Waals surface area contributed by atoms with E-state index < -0.39 is 0 Å². The van der Waals surface area contributed by atoms with Crippen molar-refractivity contribution in [2.75, 3.05) is 9.80 Å². The molecule has 0 spiro atoms. The molecule has 0 radical (unpaired) electrons. The quantitative estimate of drug-likeness (QED) is 0.160. The molecule has 0 fully saturated rings. The molecule has 0 N–H and O–H groups in total. The fourth-order valence-corrected chi connectivity index (χ4v) is 14.5. The molecular formula is C62H79BN2. The van der Waals surface area contributed by atoms with Crippen molar-refractivity contribution in [3.8, 4) is 0 Å². The SMILES string of the molecule is Cc1cc2c(cc1N1c3cc4c(cc3B3c5ccc(C(C)(C)C)cc5N(c5ccc6c(c5C)C(C)(C)CCC6(C)C)c5cc(C(C)(C)C)cc1c53)C(C)(C)CC4(C)C)C(C)(C)CC2(C)C. The topological polar surface area (TPSA) is 6.48 Å². The molecule has 3 heteroatoms. The maximum Gasteiger partial charge on any atom is 0.252 e. The van der Waals surface area contributed by atoms with Gasteiger partial charge in [-0.3, -0.25) is 0 Å². The lowest BCUT2D eigenvalue weighted by molar-refractivity contribution is 0.330. The minimum Gasteiger partial charge on any atom is -0.311 e. The zero-order valence-corrected chi connectivity index (χ0v) is 44.2. The number of hydrogen-bond acceptors (Lipinski definition) is 2. The fraction of sp³-hybridized carbons (Fsp3) is 0.516. The van der Waals surface area contributed by atoms with Gasteiger partial charge in [0.15, 0.2) is 0 Å². The van der Waals surface area contributed by atoms with Crippen LogP contribution in [-0.2, 0) is 43.3 Å². The minimum atomic E-state index is -0.0912. The third-order valence-electron chi connectivity index (χ3n) is 17.7. The monoisotopic (exact) mass is 863 g/mol. The second-order valence-electron chi connectivity index (χ2n) is 27.7. The van der Waals surface area contributed by atoms with E-state index in [9.17, 15) is 0 Å². The van der Waals surface area contributed by atoms with Crippen LogP contribution in [0.15, 0.2) is 66.7 Å². The van der Waals surface area contributed by atoms with E-state index >= 15 is 0 Å². The lowest BCUT2D eigenvalue weighted by Gasteiger charge is -2.47. The molecule has 5 aromatic rings. The Bertz CT molecular complexity index is 2880. The van der Waals surface area contributed by atoms with Gasteiger partial charge in [0.05, 0.1) is 0 Å². The van der Waals surface area contributed by atoms with E-state index in [4.69, 9.17) is 0 Å².